The van der Waals surface area contributed by atoms with Crippen LogP contribution >= 0.6 is 0 Å². The maximum absolute atomic E-state index is 12.0. The number of aromatic nitrogens is 4. The molecule has 1 aliphatic heterocycles. The molecule has 1 aliphatic rings. The van der Waals surface area contributed by atoms with Gasteiger partial charge in [-0.15, -0.1) is 0 Å². The number of aromatic amines is 1. The highest BCUT2D eigenvalue weighted by atomic mass is 28.4. The second kappa shape index (κ2) is 6.92. The molecule has 5 N–H and O–H groups in total. The maximum atomic E-state index is 12.0. The summed E-state index contributed by atoms with van der Waals surface area (Å²) < 4.78 is 14.2. The average Bonchev–Trinajstić information content (AvgIpc) is 3.15. The third-order valence-electron chi connectivity index (χ3n) is 5.91. The summed E-state index contributed by atoms with van der Waals surface area (Å²) in [6, 6.07) is 0. The molecule has 1 saturated heterocycles. The van der Waals surface area contributed by atoms with Gasteiger partial charge >= 0.3 is 0 Å². The van der Waals surface area contributed by atoms with E-state index in [0.717, 1.165) is 0 Å². The predicted molar refractivity (Wildman–Crippen MR) is 106 cm³/mol. The molecule has 2 atom stereocenters. The monoisotopic (exact) mass is 411 g/mol. The highest BCUT2D eigenvalue weighted by molar-refractivity contribution is 6.74. The molecule has 3 heterocycles. The second-order valence-electron chi connectivity index (χ2n) is 8.83. The molecule has 28 heavy (non-hydrogen) atoms. The zero-order valence-corrected chi connectivity index (χ0v) is 17.9. The van der Waals surface area contributed by atoms with Crippen LogP contribution in [-0.2, 0) is 9.16 Å². The van der Waals surface area contributed by atoms with Gasteiger partial charge in [-0.05, 0) is 18.1 Å². The summed E-state index contributed by atoms with van der Waals surface area (Å²) in [6.07, 6.45) is 0.677. The molecule has 156 valence electrons. The van der Waals surface area contributed by atoms with E-state index in [-0.39, 0.29) is 22.2 Å². The fourth-order valence-corrected chi connectivity index (χ4v) is 4.51. The molecule has 0 radical (unpaired) electrons. The van der Waals surface area contributed by atoms with E-state index in [1.165, 1.54) is 6.33 Å². The van der Waals surface area contributed by atoms with Crippen LogP contribution in [0.2, 0.25) is 18.1 Å². The third kappa shape index (κ3) is 3.37. The summed E-state index contributed by atoms with van der Waals surface area (Å²) in [5.41, 5.74) is 4.39. The third-order valence-corrected chi connectivity index (χ3v) is 10.4. The molecule has 0 amide bonds. The summed E-state index contributed by atoms with van der Waals surface area (Å²) in [6.45, 7) is 9.77. The summed E-state index contributed by atoms with van der Waals surface area (Å²) in [4.78, 5) is 22.7. The first-order valence-electron chi connectivity index (χ1n) is 9.24. The molecule has 10 nitrogen and oxygen atoms in total. The SMILES string of the molecule is CC(C)(C)[Si](C)(C)O[C@H]1C[C@H](n2cnc3c(=O)[nH]c(N)nc32)OC1(CO)CO. The van der Waals surface area contributed by atoms with Crippen LogP contribution in [0.4, 0.5) is 5.95 Å². The number of ether oxygens (including phenoxy) is 1. The molecule has 0 aromatic carbocycles. The van der Waals surface area contributed by atoms with Crippen molar-refractivity contribution in [1.29, 1.82) is 0 Å². The Hall–Kier alpha value is -1.79. The molecule has 0 unspecified atom stereocenters. The Balaban J connectivity index is 1.99. The number of nitrogens with two attached hydrogens (primary N) is 1. The molecule has 2 aromatic heterocycles. The van der Waals surface area contributed by atoms with Crippen molar-refractivity contribution in [2.75, 3.05) is 18.9 Å². The van der Waals surface area contributed by atoms with E-state index in [9.17, 15) is 15.0 Å². The quantitative estimate of drug-likeness (QED) is 0.526. The molecular weight excluding hydrogens is 382 g/mol. The van der Waals surface area contributed by atoms with Crippen LogP contribution in [0, 0.1) is 0 Å². The number of aliphatic hydroxyl groups is 2. The van der Waals surface area contributed by atoms with E-state index in [1.807, 2.05) is 0 Å². The standard InChI is InChI=1S/C17H29N5O5Si/c1-16(2,3)28(4,5)27-10-6-11(26-17(10,7-23)8-24)22-9-19-12-13(22)20-15(18)21-14(12)25/h9-11,23-24H,6-8H2,1-5H3,(H3,18,20,21,25)/t10-,11+/m0/s1. The maximum Gasteiger partial charge on any atom is 0.280 e. The fraction of sp³-hybridized carbons (Fsp3) is 0.706. The number of anilines is 1. The number of H-pyrrole nitrogens is 1. The zero-order valence-electron chi connectivity index (χ0n) is 16.9. The van der Waals surface area contributed by atoms with Crippen LogP contribution in [0.25, 0.3) is 11.2 Å². The van der Waals surface area contributed by atoms with Gasteiger partial charge in [0.2, 0.25) is 5.95 Å². The largest absolute Gasteiger partial charge is 0.411 e. The van der Waals surface area contributed by atoms with E-state index in [1.54, 1.807) is 4.57 Å². The smallest absolute Gasteiger partial charge is 0.280 e. The van der Waals surface area contributed by atoms with E-state index in [2.05, 4.69) is 48.8 Å². The van der Waals surface area contributed by atoms with Gasteiger partial charge < -0.3 is 25.1 Å². The Morgan fingerprint density at radius 2 is 2.07 bits per heavy atom. The van der Waals surface area contributed by atoms with Crippen LogP contribution in [0.15, 0.2) is 11.1 Å². The number of hydrogen-bond donors (Lipinski definition) is 4. The van der Waals surface area contributed by atoms with Crippen LogP contribution < -0.4 is 11.3 Å². The lowest BCUT2D eigenvalue weighted by Crippen LogP contribution is -2.54. The molecule has 0 aliphatic carbocycles. The van der Waals surface area contributed by atoms with Gasteiger partial charge in [0.1, 0.15) is 11.8 Å². The Bertz CT molecular complexity index is 915. The van der Waals surface area contributed by atoms with Crippen molar-refractivity contribution in [1.82, 2.24) is 19.5 Å². The zero-order chi connectivity index (χ0) is 20.9. The van der Waals surface area contributed by atoms with Crippen molar-refractivity contribution in [3.8, 4) is 0 Å². The number of nitrogens with zero attached hydrogens (tertiary/aromatic N) is 3. The molecule has 11 heteroatoms. The fourth-order valence-electron chi connectivity index (χ4n) is 3.13. The molecule has 2 aromatic rings. The molecule has 0 saturated carbocycles. The van der Waals surface area contributed by atoms with Gasteiger partial charge in [-0.25, -0.2) is 4.98 Å². The number of fused-ring (bicyclic) bond motifs is 1. The van der Waals surface area contributed by atoms with Crippen molar-refractivity contribution in [3.63, 3.8) is 0 Å². The number of imidazole rings is 1. The van der Waals surface area contributed by atoms with Crippen molar-refractivity contribution >= 4 is 25.4 Å². The minimum atomic E-state index is -2.19. The lowest BCUT2D eigenvalue weighted by Gasteiger charge is -2.42. The predicted octanol–water partition coefficient (Wildman–Crippen LogP) is 0.734. The van der Waals surface area contributed by atoms with Crippen molar-refractivity contribution in [2.45, 2.75) is 63.3 Å². The summed E-state index contributed by atoms with van der Waals surface area (Å²) in [5, 5.41) is 20.0. The van der Waals surface area contributed by atoms with Crippen LogP contribution in [-0.4, -0.2) is 63.0 Å². The number of nitrogens with one attached hydrogen (secondary N) is 1. The number of aliphatic hydroxyl groups excluding tert-OH is 2. The van der Waals surface area contributed by atoms with E-state index in [0.29, 0.717) is 6.42 Å². The first-order valence-corrected chi connectivity index (χ1v) is 12.1. The summed E-state index contributed by atoms with van der Waals surface area (Å²) >= 11 is 0. The Morgan fingerprint density at radius 1 is 1.43 bits per heavy atom. The van der Waals surface area contributed by atoms with Gasteiger partial charge in [0.15, 0.2) is 19.5 Å². The van der Waals surface area contributed by atoms with Crippen molar-refractivity contribution in [2.24, 2.45) is 0 Å². The van der Waals surface area contributed by atoms with Gasteiger partial charge in [0.05, 0.1) is 25.6 Å². The van der Waals surface area contributed by atoms with E-state index < -0.39 is 45.0 Å². The van der Waals surface area contributed by atoms with Gasteiger partial charge in [0, 0.05) is 6.42 Å². The van der Waals surface area contributed by atoms with Gasteiger partial charge in [-0.2, -0.15) is 4.98 Å². The highest BCUT2D eigenvalue weighted by Gasteiger charge is 2.53. The number of hydrogen-bond acceptors (Lipinski definition) is 8. The van der Waals surface area contributed by atoms with Crippen molar-refractivity contribution in [3.05, 3.63) is 16.7 Å². The van der Waals surface area contributed by atoms with Gasteiger partial charge in [-0.3, -0.25) is 14.3 Å². The first-order chi connectivity index (χ1) is 12.9. The van der Waals surface area contributed by atoms with Crippen LogP contribution in [0.3, 0.4) is 0 Å². The van der Waals surface area contributed by atoms with E-state index >= 15 is 0 Å². The minimum Gasteiger partial charge on any atom is -0.411 e. The first kappa shape index (κ1) is 20.9. The van der Waals surface area contributed by atoms with Gasteiger partial charge in [0.25, 0.3) is 5.56 Å². The lowest BCUT2D eigenvalue weighted by molar-refractivity contribution is -0.146. The van der Waals surface area contributed by atoms with Crippen LogP contribution in [0.1, 0.15) is 33.4 Å². The molecule has 0 spiro atoms. The molecule has 0 bridgehead atoms. The number of rotatable bonds is 5. The second-order valence-corrected chi connectivity index (χ2v) is 13.6. The summed E-state index contributed by atoms with van der Waals surface area (Å²) in [5.74, 6) is -0.0260. The highest BCUT2D eigenvalue weighted by Crippen LogP contribution is 2.44. The minimum absolute atomic E-state index is 0.0260. The van der Waals surface area contributed by atoms with Crippen LogP contribution in [0.5, 0.6) is 0 Å². The molecule has 1 fully saturated rings. The molecule has 3 rings (SSSR count). The average molecular weight is 412 g/mol. The lowest BCUT2D eigenvalue weighted by atomic mass is 9.99. The normalized spacial score (nSPS) is 22.8. The topological polar surface area (TPSA) is 149 Å². The Morgan fingerprint density at radius 3 is 2.64 bits per heavy atom. The van der Waals surface area contributed by atoms with E-state index in [4.69, 9.17) is 14.9 Å². The Labute approximate surface area is 163 Å². The summed E-state index contributed by atoms with van der Waals surface area (Å²) in [7, 11) is -2.19. The Kier molecular flexibility index (Phi) is 5.17. The molecular formula is C17H29N5O5Si. The number of nitrogen functional groups attached to an aromatic ring is 1. The van der Waals surface area contributed by atoms with Gasteiger partial charge in [-0.1, -0.05) is 20.8 Å². The van der Waals surface area contributed by atoms with Crippen molar-refractivity contribution < 1.29 is 19.4 Å².